The van der Waals surface area contributed by atoms with Crippen LogP contribution in [0.1, 0.15) is 33.4 Å². The normalized spacial score (nSPS) is 21.6. The van der Waals surface area contributed by atoms with Gasteiger partial charge >= 0.3 is 13.7 Å². The number of fused-ring (bicyclic) bond motifs is 1. The molecule has 0 radical (unpaired) electrons. The zero-order valence-electron chi connectivity index (χ0n) is 21.9. The molecule has 15 heteroatoms. The van der Waals surface area contributed by atoms with E-state index in [1.165, 1.54) is 19.6 Å². The first-order valence-electron chi connectivity index (χ1n) is 12.5. The number of hydrogen-bond donors (Lipinski definition) is 3. The third kappa shape index (κ3) is 7.29. The van der Waals surface area contributed by atoms with Gasteiger partial charge in [0.05, 0.1) is 25.6 Å². The predicted octanol–water partition coefficient (Wildman–Crippen LogP) is 2.21. The summed E-state index contributed by atoms with van der Waals surface area (Å²) in [7, 11) is -3.97. The highest BCUT2D eigenvalue weighted by Gasteiger charge is 2.39. The van der Waals surface area contributed by atoms with Crippen LogP contribution in [0.25, 0.3) is 11.2 Å². The Morgan fingerprint density at radius 3 is 2.74 bits per heavy atom. The molecule has 14 nitrogen and oxygen atoms in total. The van der Waals surface area contributed by atoms with Crippen LogP contribution in [0.3, 0.4) is 0 Å². The summed E-state index contributed by atoms with van der Waals surface area (Å²) < 4.78 is 43.2. The van der Waals surface area contributed by atoms with E-state index in [1.54, 1.807) is 48.7 Å². The first-order chi connectivity index (χ1) is 18.7. The van der Waals surface area contributed by atoms with Crippen LogP contribution < -0.4 is 15.3 Å². The maximum atomic E-state index is 13.5. The molecule has 4 rings (SSSR count). The van der Waals surface area contributed by atoms with E-state index in [1.807, 2.05) is 0 Å². The van der Waals surface area contributed by atoms with E-state index in [0.29, 0.717) is 23.3 Å². The van der Waals surface area contributed by atoms with Crippen molar-refractivity contribution in [3.05, 3.63) is 43.0 Å². The van der Waals surface area contributed by atoms with Crippen molar-refractivity contribution in [1.82, 2.24) is 24.6 Å². The maximum absolute atomic E-state index is 13.5. The largest absolute Gasteiger partial charge is 0.462 e. The fourth-order valence-electron chi connectivity index (χ4n) is 3.86. The van der Waals surface area contributed by atoms with Crippen molar-refractivity contribution < 1.29 is 37.7 Å². The van der Waals surface area contributed by atoms with Crippen molar-refractivity contribution in [3.63, 3.8) is 0 Å². The van der Waals surface area contributed by atoms with Gasteiger partial charge in [-0.15, -0.1) is 0 Å². The second-order valence-electron chi connectivity index (χ2n) is 9.13. The lowest BCUT2D eigenvalue weighted by Crippen LogP contribution is -2.36. The summed E-state index contributed by atoms with van der Waals surface area (Å²) in [6.45, 7) is 5.11. The average Bonchev–Trinajstić information content (AvgIpc) is 3.48. The van der Waals surface area contributed by atoms with Crippen molar-refractivity contribution >= 4 is 30.7 Å². The number of nitrogens with zero attached hydrogens (tertiary/aromatic N) is 4. The number of imidazole rings is 1. The molecule has 212 valence electrons. The molecule has 1 aromatic carbocycles. The molecular weight excluding hydrogens is 531 g/mol. The van der Waals surface area contributed by atoms with Gasteiger partial charge < -0.3 is 29.6 Å². The van der Waals surface area contributed by atoms with Crippen molar-refractivity contribution in [1.29, 1.82) is 0 Å². The third-order valence-corrected chi connectivity index (χ3v) is 7.32. The number of aliphatic hydroxyl groups is 1. The smallest absolute Gasteiger partial charge is 0.459 e. The lowest BCUT2D eigenvalue weighted by atomic mass is 10.2. The summed E-state index contributed by atoms with van der Waals surface area (Å²) in [5, 5.41) is 13.1. The fourth-order valence-corrected chi connectivity index (χ4v) is 5.39. The first kappa shape index (κ1) is 28.9. The van der Waals surface area contributed by atoms with E-state index in [2.05, 4.69) is 20.0 Å². The van der Waals surface area contributed by atoms with Gasteiger partial charge in [-0.1, -0.05) is 18.2 Å². The topological polar surface area (TPSA) is 182 Å². The predicted molar refractivity (Wildman–Crippen MR) is 140 cm³/mol. The maximum Gasteiger partial charge on any atom is 0.459 e. The van der Waals surface area contributed by atoms with E-state index in [-0.39, 0.29) is 31.7 Å². The third-order valence-electron chi connectivity index (χ3n) is 5.65. The number of benzene rings is 1. The number of esters is 1. The number of nitrogen functional groups attached to an aromatic ring is 1. The minimum absolute atomic E-state index is 0.0326. The molecule has 5 atom stereocenters. The summed E-state index contributed by atoms with van der Waals surface area (Å²) in [5.74, 6) is -0.0521. The molecule has 0 aliphatic carbocycles. The van der Waals surface area contributed by atoms with Gasteiger partial charge in [0.1, 0.15) is 35.8 Å². The molecule has 0 bridgehead atoms. The fraction of sp³-hybridized carbons (Fsp3) is 0.500. The Bertz CT molecular complexity index is 1290. The summed E-state index contributed by atoms with van der Waals surface area (Å²) in [4.78, 5) is 24.7. The van der Waals surface area contributed by atoms with Gasteiger partial charge in [0.2, 0.25) is 0 Å². The second-order valence-corrected chi connectivity index (χ2v) is 10.8. The van der Waals surface area contributed by atoms with Gasteiger partial charge in [-0.05, 0) is 39.3 Å². The van der Waals surface area contributed by atoms with Crippen LogP contribution in [0.15, 0.2) is 43.0 Å². The molecule has 2 aromatic heterocycles. The Morgan fingerprint density at radius 1 is 1.23 bits per heavy atom. The molecule has 0 saturated carbocycles. The lowest BCUT2D eigenvalue weighted by molar-refractivity contribution is -0.149. The molecule has 39 heavy (non-hydrogen) atoms. The highest BCUT2D eigenvalue weighted by atomic mass is 31.2. The molecule has 3 heterocycles. The molecule has 1 fully saturated rings. The van der Waals surface area contributed by atoms with Crippen molar-refractivity contribution in [2.24, 2.45) is 0 Å². The molecule has 0 amide bonds. The van der Waals surface area contributed by atoms with E-state index in [4.69, 9.17) is 29.0 Å². The van der Waals surface area contributed by atoms with E-state index in [0.717, 1.165) is 0 Å². The standard InChI is InChI=1S/C24H33N6O8P/c1-15(2)37-24(32)16(3)29-39(33,38-17-8-5-4-6-9-17)36-11-7-10-34-20-18(31)12-35-23(20)30-14-28-19-21(25)26-13-27-22(19)30/h4-6,8-9,13-16,18,20,23,31H,7,10-12H2,1-3H3,(H,29,33)(H2,25,26,27)/t16-,18-,20-,23?,39?/m1/s1. The number of carbonyl (C=O) groups excluding carboxylic acids is 1. The van der Waals surface area contributed by atoms with E-state index >= 15 is 0 Å². The summed E-state index contributed by atoms with van der Waals surface area (Å²) >= 11 is 0. The second kappa shape index (κ2) is 12.8. The molecule has 1 saturated heterocycles. The average molecular weight is 565 g/mol. The van der Waals surface area contributed by atoms with Crippen LogP contribution in [0, 0.1) is 0 Å². The monoisotopic (exact) mass is 564 g/mol. The molecule has 0 spiro atoms. The van der Waals surface area contributed by atoms with Crippen LogP contribution in [0.5, 0.6) is 5.75 Å². The number of anilines is 1. The molecule has 1 aliphatic rings. The number of aromatic nitrogens is 4. The minimum atomic E-state index is -3.97. The summed E-state index contributed by atoms with van der Waals surface area (Å²) in [5.41, 5.74) is 6.74. The SMILES string of the molecule is CC(C)OC(=O)[C@@H](C)NP(=O)(OCCCO[C@H]1C(n2cnc3c(N)ncnc32)OC[C@H]1O)Oc1ccccc1. The lowest BCUT2D eigenvalue weighted by Gasteiger charge is -2.24. The van der Waals surface area contributed by atoms with Crippen LogP contribution in [0.2, 0.25) is 0 Å². The zero-order valence-corrected chi connectivity index (χ0v) is 22.8. The Kier molecular flexibility index (Phi) is 9.49. The molecule has 2 unspecified atom stereocenters. The molecule has 1 aliphatic heterocycles. The van der Waals surface area contributed by atoms with Crippen LogP contribution >= 0.6 is 7.75 Å². The number of nitrogens with one attached hydrogen (secondary N) is 1. The first-order valence-corrected chi connectivity index (χ1v) is 14.0. The van der Waals surface area contributed by atoms with Crippen molar-refractivity contribution in [3.8, 4) is 5.75 Å². The van der Waals surface area contributed by atoms with Crippen molar-refractivity contribution in [2.45, 2.75) is 57.8 Å². The number of carbonyl (C=O) groups is 1. The van der Waals surface area contributed by atoms with Gasteiger partial charge in [-0.2, -0.15) is 5.09 Å². The number of hydrogen-bond acceptors (Lipinski definition) is 12. The number of aliphatic hydroxyl groups excluding tert-OH is 1. The van der Waals surface area contributed by atoms with Crippen molar-refractivity contribution in [2.75, 3.05) is 25.6 Å². The van der Waals surface area contributed by atoms with Gasteiger partial charge in [0.25, 0.3) is 0 Å². The zero-order chi connectivity index (χ0) is 28.0. The highest BCUT2D eigenvalue weighted by Crippen LogP contribution is 2.45. The number of para-hydroxylation sites is 1. The van der Waals surface area contributed by atoms with Gasteiger partial charge in [-0.3, -0.25) is 13.9 Å². The van der Waals surface area contributed by atoms with E-state index in [9.17, 15) is 14.5 Å². The van der Waals surface area contributed by atoms with Crippen LogP contribution in [-0.4, -0.2) is 74.8 Å². The Morgan fingerprint density at radius 2 is 2.00 bits per heavy atom. The summed E-state index contributed by atoms with van der Waals surface area (Å²) in [6, 6.07) is 7.52. The quantitative estimate of drug-likeness (QED) is 0.156. The minimum Gasteiger partial charge on any atom is -0.462 e. The summed E-state index contributed by atoms with van der Waals surface area (Å²) in [6.07, 6.45) is 0.475. The molecule has 3 aromatic rings. The Hall–Kier alpha value is -3.13. The van der Waals surface area contributed by atoms with Gasteiger partial charge in [-0.25, -0.2) is 19.5 Å². The molecular formula is C24H33N6O8P. The highest BCUT2D eigenvalue weighted by molar-refractivity contribution is 7.52. The van der Waals surface area contributed by atoms with Crippen LogP contribution in [0.4, 0.5) is 5.82 Å². The van der Waals surface area contributed by atoms with E-state index < -0.39 is 38.2 Å². The number of rotatable bonds is 13. The van der Waals surface area contributed by atoms with Gasteiger partial charge in [0.15, 0.2) is 17.7 Å². The molecule has 4 N–H and O–H groups in total. The van der Waals surface area contributed by atoms with Crippen LogP contribution in [-0.2, 0) is 28.1 Å². The number of nitrogens with two attached hydrogens (primary N) is 1. The Balaban J connectivity index is 1.35. The van der Waals surface area contributed by atoms with Gasteiger partial charge in [0, 0.05) is 6.61 Å². The Labute approximate surface area is 225 Å². The number of ether oxygens (including phenoxy) is 3.